The first-order valence-corrected chi connectivity index (χ1v) is 6.51. The summed E-state index contributed by atoms with van der Waals surface area (Å²) in [5.41, 5.74) is 5.76. The Morgan fingerprint density at radius 1 is 1.50 bits per heavy atom. The normalized spacial score (nSPS) is 30.4. The fraction of sp³-hybridized carbons (Fsp3) is 0.923. The highest BCUT2D eigenvalue weighted by molar-refractivity contribution is 5.77. The van der Waals surface area contributed by atoms with Crippen molar-refractivity contribution >= 4 is 5.91 Å². The largest absolute Gasteiger partial charge is 0.349 e. The highest BCUT2D eigenvalue weighted by Gasteiger charge is 2.38. The molecule has 2 unspecified atom stereocenters. The van der Waals surface area contributed by atoms with Crippen molar-refractivity contribution in [3.8, 4) is 0 Å². The molecule has 2 atom stereocenters. The third-order valence-corrected chi connectivity index (χ3v) is 3.80. The van der Waals surface area contributed by atoms with Crippen LogP contribution >= 0.6 is 0 Å². The average molecular weight is 226 g/mol. The molecule has 0 saturated heterocycles. The smallest absolute Gasteiger partial charge is 0.220 e. The lowest BCUT2D eigenvalue weighted by molar-refractivity contribution is -0.124. The summed E-state index contributed by atoms with van der Waals surface area (Å²) < 4.78 is 0. The standard InChI is InChI=1S/C13H26N2O/c1-10(2)8-12(16)15-13(9-14)7-5-4-6-11(13)3/h10-11H,4-9,14H2,1-3H3,(H,15,16). The summed E-state index contributed by atoms with van der Waals surface area (Å²) in [7, 11) is 0. The molecule has 3 nitrogen and oxygen atoms in total. The van der Waals surface area contributed by atoms with Crippen LogP contribution in [0.25, 0.3) is 0 Å². The summed E-state index contributed by atoms with van der Waals surface area (Å²) >= 11 is 0. The second-order valence-electron chi connectivity index (χ2n) is 5.65. The summed E-state index contributed by atoms with van der Waals surface area (Å²) in [6, 6.07) is 0. The molecule has 0 aliphatic heterocycles. The van der Waals surface area contributed by atoms with E-state index in [2.05, 4.69) is 26.1 Å². The molecule has 0 aromatic carbocycles. The molecule has 16 heavy (non-hydrogen) atoms. The highest BCUT2D eigenvalue weighted by Crippen LogP contribution is 2.33. The second-order valence-corrected chi connectivity index (χ2v) is 5.65. The minimum absolute atomic E-state index is 0.135. The number of carbonyl (C=O) groups excluding carboxylic acids is 1. The van der Waals surface area contributed by atoms with Gasteiger partial charge in [0, 0.05) is 13.0 Å². The Kier molecular flexibility index (Phi) is 4.78. The van der Waals surface area contributed by atoms with Gasteiger partial charge in [-0.1, -0.05) is 33.6 Å². The van der Waals surface area contributed by atoms with Crippen molar-refractivity contribution in [3.63, 3.8) is 0 Å². The number of nitrogens with two attached hydrogens (primary N) is 1. The van der Waals surface area contributed by atoms with Gasteiger partial charge in [-0.25, -0.2) is 0 Å². The number of carbonyl (C=O) groups is 1. The zero-order valence-electron chi connectivity index (χ0n) is 10.9. The number of nitrogens with one attached hydrogen (secondary N) is 1. The van der Waals surface area contributed by atoms with Gasteiger partial charge in [-0.2, -0.15) is 0 Å². The first-order chi connectivity index (χ1) is 7.50. The molecule has 0 spiro atoms. The summed E-state index contributed by atoms with van der Waals surface area (Å²) in [5.74, 6) is 1.07. The molecule has 0 bridgehead atoms. The molecule has 1 rings (SSSR count). The Balaban J connectivity index is 2.61. The van der Waals surface area contributed by atoms with Crippen molar-refractivity contribution < 1.29 is 4.79 Å². The summed E-state index contributed by atoms with van der Waals surface area (Å²) in [4.78, 5) is 11.9. The monoisotopic (exact) mass is 226 g/mol. The maximum absolute atomic E-state index is 11.9. The first kappa shape index (κ1) is 13.5. The zero-order valence-corrected chi connectivity index (χ0v) is 10.9. The summed E-state index contributed by atoms with van der Waals surface area (Å²) in [6.07, 6.45) is 5.27. The molecule has 0 heterocycles. The average Bonchev–Trinajstić information content (AvgIpc) is 2.20. The number of hydrogen-bond acceptors (Lipinski definition) is 2. The van der Waals surface area contributed by atoms with E-state index in [1.807, 2.05) is 0 Å². The highest BCUT2D eigenvalue weighted by atomic mass is 16.1. The quantitative estimate of drug-likeness (QED) is 0.771. The Labute approximate surface area is 99.2 Å². The van der Waals surface area contributed by atoms with E-state index in [1.54, 1.807) is 0 Å². The Hall–Kier alpha value is -0.570. The van der Waals surface area contributed by atoms with Crippen molar-refractivity contribution in [3.05, 3.63) is 0 Å². The van der Waals surface area contributed by atoms with Crippen molar-refractivity contribution in [2.24, 2.45) is 17.6 Å². The maximum atomic E-state index is 11.9. The lowest BCUT2D eigenvalue weighted by Gasteiger charge is -2.42. The zero-order chi connectivity index (χ0) is 12.2. The minimum Gasteiger partial charge on any atom is -0.349 e. The molecule has 1 aliphatic carbocycles. The fourth-order valence-corrected chi connectivity index (χ4v) is 2.65. The number of amides is 1. The molecule has 3 N–H and O–H groups in total. The van der Waals surface area contributed by atoms with Crippen molar-refractivity contribution in [1.82, 2.24) is 5.32 Å². The Bertz CT molecular complexity index is 240. The third-order valence-electron chi connectivity index (χ3n) is 3.80. The molecule has 1 aliphatic rings. The molecule has 0 aromatic rings. The van der Waals surface area contributed by atoms with E-state index in [1.165, 1.54) is 19.3 Å². The second kappa shape index (κ2) is 5.67. The predicted molar refractivity (Wildman–Crippen MR) is 67.0 cm³/mol. The van der Waals surface area contributed by atoms with Crippen LogP contribution in [0.5, 0.6) is 0 Å². The van der Waals surface area contributed by atoms with E-state index in [4.69, 9.17) is 5.73 Å². The van der Waals surface area contributed by atoms with Gasteiger partial charge >= 0.3 is 0 Å². The molecular weight excluding hydrogens is 200 g/mol. The van der Waals surface area contributed by atoms with Crippen LogP contribution in [-0.2, 0) is 4.79 Å². The van der Waals surface area contributed by atoms with Gasteiger partial charge in [0.15, 0.2) is 0 Å². The number of rotatable bonds is 4. The lowest BCUT2D eigenvalue weighted by atomic mass is 9.73. The van der Waals surface area contributed by atoms with Crippen molar-refractivity contribution in [2.75, 3.05) is 6.54 Å². The van der Waals surface area contributed by atoms with E-state index >= 15 is 0 Å². The summed E-state index contributed by atoms with van der Waals surface area (Å²) in [5, 5.41) is 3.20. The van der Waals surface area contributed by atoms with Gasteiger partial charge < -0.3 is 11.1 Å². The van der Waals surface area contributed by atoms with E-state index in [0.717, 1.165) is 6.42 Å². The molecular formula is C13H26N2O. The topological polar surface area (TPSA) is 55.1 Å². The Morgan fingerprint density at radius 3 is 2.69 bits per heavy atom. The molecule has 0 radical (unpaired) electrons. The van der Waals surface area contributed by atoms with Crippen LogP contribution in [0.2, 0.25) is 0 Å². The minimum atomic E-state index is -0.135. The van der Waals surface area contributed by atoms with E-state index in [-0.39, 0.29) is 11.4 Å². The van der Waals surface area contributed by atoms with Crippen molar-refractivity contribution in [1.29, 1.82) is 0 Å². The third kappa shape index (κ3) is 3.21. The van der Waals surface area contributed by atoms with Crippen LogP contribution in [0, 0.1) is 11.8 Å². The molecule has 3 heteroatoms. The molecule has 1 saturated carbocycles. The van der Waals surface area contributed by atoms with Gasteiger partial charge in [-0.05, 0) is 24.7 Å². The van der Waals surface area contributed by atoms with Crippen LogP contribution in [0.15, 0.2) is 0 Å². The van der Waals surface area contributed by atoms with Crippen LogP contribution < -0.4 is 11.1 Å². The predicted octanol–water partition coefficient (Wildman–Crippen LogP) is 2.06. The summed E-state index contributed by atoms with van der Waals surface area (Å²) in [6.45, 7) is 6.91. The van der Waals surface area contributed by atoms with Gasteiger partial charge in [-0.15, -0.1) is 0 Å². The van der Waals surface area contributed by atoms with Gasteiger partial charge in [-0.3, -0.25) is 4.79 Å². The Morgan fingerprint density at radius 2 is 2.19 bits per heavy atom. The van der Waals surface area contributed by atoms with Crippen molar-refractivity contribution in [2.45, 2.75) is 58.4 Å². The SMILES string of the molecule is CC(C)CC(=O)NC1(CN)CCCCC1C. The maximum Gasteiger partial charge on any atom is 0.220 e. The van der Waals surface area contributed by atoms with E-state index in [9.17, 15) is 4.79 Å². The molecule has 1 amide bonds. The van der Waals surface area contributed by atoms with E-state index < -0.39 is 0 Å². The van der Waals surface area contributed by atoms with Crippen LogP contribution in [-0.4, -0.2) is 18.0 Å². The van der Waals surface area contributed by atoms with Crippen LogP contribution in [0.1, 0.15) is 52.9 Å². The van der Waals surface area contributed by atoms with Gasteiger partial charge in [0.1, 0.15) is 0 Å². The van der Waals surface area contributed by atoms with Crippen LogP contribution in [0.4, 0.5) is 0 Å². The van der Waals surface area contributed by atoms with Crippen LogP contribution in [0.3, 0.4) is 0 Å². The first-order valence-electron chi connectivity index (χ1n) is 6.51. The van der Waals surface area contributed by atoms with Gasteiger partial charge in [0.25, 0.3) is 0 Å². The van der Waals surface area contributed by atoms with E-state index in [0.29, 0.717) is 24.8 Å². The number of hydrogen-bond donors (Lipinski definition) is 2. The molecule has 1 fully saturated rings. The molecule has 0 aromatic heterocycles. The van der Waals surface area contributed by atoms with Gasteiger partial charge in [0.05, 0.1) is 5.54 Å². The molecule has 94 valence electrons. The van der Waals surface area contributed by atoms with Gasteiger partial charge in [0.2, 0.25) is 5.91 Å². The lowest BCUT2D eigenvalue weighted by Crippen LogP contribution is -2.59. The fourth-order valence-electron chi connectivity index (χ4n) is 2.65.